The van der Waals surface area contributed by atoms with Crippen LogP contribution in [0.2, 0.25) is 0 Å². The molecule has 2 aromatic carbocycles. The Bertz CT molecular complexity index is 747. The van der Waals surface area contributed by atoms with Crippen LogP contribution in [0.1, 0.15) is 29.3 Å². The van der Waals surface area contributed by atoms with Crippen molar-refractivity contribution in [1.29, 1.82) is 0 Å². The zero-order valence-electron chi connectivity index (χ0n) is 12.5. The van der Waals surface area contributed by atoms with Crippen LogP contribution in [0.25, 0.3) is 6.08 Å². The van der Waals surface area contributed by atoms with Gasteiger partial charge in [0.15, 0.2) is 5.78 Å². The van der Waals surface area contributed by atoms with Gasteiger partial charge in [0.2, 0.25) is 0 Å². The number of amides is 1. The molecule has 0 saturated heterocycles. The first-order valence-electron chi connectivity index (χ1n) is 7.34. The zero-order chi connectivity index (χ0) is 15.5. The van der Waals surface area contributed by atoms with Gasteiger partial charge in [-0.3, -0.25) is 9.59 Å². The number of nitrogens with zero attached hydrogens (tertiary/aromatic N) is 1. The lowest BCUT2D eigenvalue weighted by molar-refractivity contribution is -0.115. The molecule has 0 fully saturated rings. The minimum Gasteiger partial charge on any atom is -0.307 e. The topological polar surface area (TPSA) is 37.4 Å². The van der Waals surface area contributed by atoms with Crippen LogP contribution in [0.4, 0.5) is 5.69 Å². The number of anilines is 1. The quantitative estimate of drug-likeness (QED) is 0.791. The van der Waals surface area contributed by atoms with Gasteiger partial charge in [-0.15, -0.1) is 0 Å². The number of ketones is 1. The maximum absolute atomic E-state index is 12.7. The van der Waals surface area contributed by atoms with E-state index >= 15 is 0 Å². The Morgan fingerprint density at radius 3 is 2.50 bits per heavy atom. The third kappa shape index (κ3) is 2.70. The lowest BCUT2D eigenvalue weighted by Crippen LogP contribution is -2.37. The third-order valence-electron chi connectivity index (χ3n) is 3.82. The molecule has 0 radical (unpaired) electrons. The molecule has 0 N–H and O–H groups in total. The SMILES string of the molecule is C/C(=C\c1ccccc1)C(=O)N1CCC(=O)c2ccccc21. The first-order chi connectivity index (χ1) is 10.7. The summed E-state index contributed by atoms with van der Waals surface area (Å²) in [7, 11) is 0. The average Bonchev–Trinajstić information content (AvgIpc) is 2.56. The maximum Gasteiger partial charge on any atom is 0.253 e. The molecule has 22 heavy (non-hydrogen) atoms. The van der Waals surface area contributed by atoms with Crippen LogP contribution >= 0.6 is 0 Å². The Morgan fingerprint density at radius 2 is 1.73 bits per heavy atom. The van der Waals surface area contributed by atoms with E-state index in [-0.39, 0.29) is 11.7 Å². The van der Waals surface area contributed by atoms with Crippen molar-refractivity contribution in [1.82, 2.24) is 0 Å². The van der Waals surface area contributed by atoms with Crippen LogP contribution in [-0.4, -0.2) is 18.2 Å². The monoisotopic (exact) mass is 291 g/mol. The summed E-state index contributed by atoms with van der Waals surface area (Å²) in [6.45, 7) is 2.25. The minimum atomic E-state index is -0.0520. The van der Waals surface area contributed by atoms with Gasteiger partial charge in [-0.25, -0.2) is 0 Å². The Morgan fingerprint density at radius 1 is 1.05 bits per heavy atom. The van der Waals surface area contributed by atoms with E-state index in [1.807, 2.05) is 61.5 Å². The van der Waals surface area contributed by atoms with E-state index in [1.54, 1.807) is 11.0 Å². The standard InChI is InChI=1S/C19H17NO2/c1-14(13-15-7-3-2-4-8-15)19(22)20-12-11-18(21)16-9-5-6-10-17(16)20/h2-10,13H,11-12H2,1H3/b14-13+. The van der Waals surface area contributed by atoms with Crippen molar-refractivity contribution in [3.8, 4) is 0 Å². The van der Waals surface area contributed by atoms with E-state index < -0.39 is 0 Å². The van der Waals surface area contributed by atoms with Crippen molar-refractivity contribution in [3.63, 3.8) is 0 Å². The van der Waals surface area contributed by atoms with E-state index in [1.165, 1.54) is 0 Å². The highest BCUT2D eigenvalue weighted by molar-refractivity contribution is 6.14. The molecule has 1 heterocycles. The van der Waals surface area contributed by atoms with Gasteiger partial charge in [-0.1, -0.05) is 42.5 Å². The summed E-state index contributed by atoms with van der Waals surface area (Å²) in [6, 6.07) is 17.1. The smallest absolute Gasteiger partial charge is 0.253 e. The Hall–Kier alpha value is -2.68. The summed E-state index contributed by atoms with van der Waals surface area (Å²) >= 11 is 0. The van der Waals surface area contributed by atoms with Crippen molar-refractivity contribution in [2.45, 2.75) is 13.3 Å². The molecular formula is C19H17NO2. The van der Waals surface area contributed by atoms with Gasteiger partial charge in [-0.05, 0) is 30.7 Å². The molecule has 0 aromatic heterocycles. The Labute approximate surface area is 129 Å². The van der Waals surface area contributed by atoms with Crippen LogP contribution in [0.3, 0.4) is 0 Å². The highest BCUT2D eigenvalue weighted by Gasteiger charge is 2.27. The van der Waals surface area contributed by atoms with Crippen molar-refractivity contribution in [2.24, 2.45) is 0 Å². The van der Waals surface area contributed by atoms with E-state index in [9.17, 15) is 9.59 Å². The highest BCUT2D eigenvalue weighted by Crippen LogP contribution is 2.28. The van der Waals surface area contributed by atoms with Crippen LogP contribution in [0.5, 0.6) is 0 Å². The number of carbonyl (C=O) groups is 2. The number of rotatable bonds is 2. The summed E-state index contributed by atoms with van der Waals surface area (Å²) in [5.74, 6) is 0.0492. The van der Waals surface area contributed by atoms with Gasteiger partial charge in [0.1, 0.15) is 0 Å². The second kappa shape index (κ2) is 5.98. The number of Topliss-reactive ketones (excluding diaryl/α,β-unsaturated/α-hetero) is 1. The molecule has 0 spiro atoms. The second-order valence-corrected chi connectivity index (χ2v) is 5.39. The summed E-state index contributed by atoms with van der Waals surface area (Å²) in [5, 5.41) is 0. The molecule has 110 valence electrons. The lowest BCUT2D eigenvalue weighted by atomic mass is 9.99. The van der Waals surface area contributed by atoms with Crippen molar-refractivity contribution >= 4 is 23.5 Å². The highest BCUT2D eigenvalue weighted by atomic mass is 16.2. The predicted octanol–water partition coefficient (Wildman–Crippen LogP) is 3.71. The number of benzene rings is 2. The largest absolute Gasteiger partial charge is 0.307 e. The Kier molecular flexibility index (Phi) is 3.88. The molecule has 2 aromatic rings. The van der Waals surface area contributed by atoms with Gasteiger partial charge in [0, 0.05) is 24.1 Å². The van der Waals surface area contributed by atoms with E-state index in [2.05, 4.69) is 0 Å². The molecule has 0 saturated carbocycles. The lowest BCUT2D eigenvalue weighted by Gasteiger charge is -2.28. The van der Waals surface area contributed by atoms with Crippen LogP contribution in [0.15, 0.2) is 60.2 Å². The van der Waals surface area contributed by atoms with Gasteiger partial charge in [0.25, 0.3) is 5.91 Å². The normalized spacial score (nSPS) is 14.7. The van der Waals surface area contributed by atoms with Crippen molar-refractivity contribution in [2.75, 3.05) is 11.4 Å². The molecule has 0 unspecified atom stereocenters. The predicted molar refractivity (Wildman–Crippen MR) is 87.8 cm³/mol. The van der Waals surface area contributed by atoms with Crippen LogP contribution < -0.4 is 4.90 Å². The molecule has 3 heteroatoms. The molecule has 0 atom stereocenters. The summed E-state index contributed by atoms with van der Waals surface area (Å²) in [4.78, 5) is 26.4. The fourth-order valence-electron chi connectivity index (χ4n) is 2.70. The maximum atomic E-state index is 12.7. The second-order valence-electron chi connectivity index (χ2n) is 5.39. The number of hydrogen-bond donors (Lipinski definition) is 0. The van der Waals surface area contributed by atoms with E-state index in [0.29, 0.717) is 29.8 Å². The molecule has 0 aliphatic carbocycles. The van der Waals surface area contributed by atoms with Gasteiger partial charge >= 0.3 is 0 Å². The fourth-order valence-corrected chi connectivity index (χ4v) is 2.70. The van der Waals surface area contributed by atoms with E-state index in [0.717, 1.165) is 5.56 Å². The number of hydrogen-bond acceptors (Lipinski definition) is 2. The summed E-state index contributed by atoms with van der Waals surface area (Å²) in [5.41, 5.74) is 3.00. The molecule has 3 nitrogen and oxygen atoms in total. The van der Waals surface area contributed by atoms with Gasteiger partial charge in [0.05, 0.1) is 5.69 Å². The first kappa shape index (κ1) is 14.3. The molecule has 1 aliphatic heterocycles. The minimum absolute atomic E-state index is 0.0520. The molecule has 3 rings (SSSR count). The van der Waals surface area contributed by atoms with Crippen molar-refractivity contribution in [3.05, 3.63) is 71.3 Å². The average molecular weight is 291 g/mol. The number of para-hydroxylation sites is 1. The van der Waals surface area contributed by atoms with E-state index in [4.69, 9.17) is 0 Å². The molecule has 0 bridgehead atoms. The molecule has 1 aliphatic rings. The number of fused-ring (bicyclic) bond motifs is 1. The third-order valence-corrected chi connectivity index (χ3v) is 3.82. The molecule has 1 amide bonds. The van der Waals surface area contributed by atoms with Crippen LogP contribution in [-0.2, 0) is 4.79 Å². The zero-order valence-corrected chi connectivity index (χ0v) is 12.5. The first-order valence-corrected chi connectivity index (χ1v) is 7.34. The van der Waals surface area contributed by atoms with Crippen LogP contribution in [0, 0.1) is 0 Å². The fraction of sp³-hybridized carbons (Fsp3) is 0.158. The van der Waals surface area contributed by atoms with Gasteiger partial charge in [-0.2, -0.15) is 0 Å². The van der Waals surface area contributed by atoms with Gasteiger partial charge < -0.3 is 4.90 Å². The summed E-state index contributed by atoms with van der Waals surface area (Å²) < 4.78 is 0. The number of carbonyl (C=O) groups excluding carboxylic acids is 2. The Balaban J connectivity index is 1.92. The van der Waals surface area contributed by atoms with Crippen molar-refractivity contribution < 1.29 is 9.59 Å². The molecular weight excluding hydrogens is 274 g/mol. The summed E-state index contributed by atoms with van der Waals surface area (Å²) in [6.07, 6.45) is 2.25.